The number of amides is 1. The molecule has 0 aliphatic heterocycles. The Morgan fingerprint density at radius 1 is 0.938 bits per heavy atom. The number of para-hydroxylation sites is 2. The summed E-state index contributed by atoms with van der Waals surface area (Å²) in [7, 11) is 0. The van der Waals surface area contributed by atoms with Gasteiger partial charge in [-0.25, -0.2) is 9.59 Å². The number of esters is 1. The summed E-state index contributed by atoms with van der Waals surface area (Å²) in [5, 5.41) is 5.94. The first-order valence-electron chi connectivity index (χ1n) is 10.1. The van der Waals surface area contributed by atoms with Gasteiger partial charge in [0.25, 0.3) is 5.91 Å². The minimum atomic E-state index is -0.459. The van der Waals surface area contributed by atoms with Crippen LogP contribution in [0.1, 0.15) is 27.6 Å². The van der Waals surface area contributed by atoms with E-state index in [9.17, 15) is 14.4 Å². The van der Waals surface area contributed by atoms with Gasteiger partial charge in [0.05, 0.1) is 24.4 Å². The highest BCUT2D eigenvalue weighted by atomic mass is 16.5. The Bertz CT molecular complexity index is 1320. The molecule has 4 aromatic rings. The molecule has 0 fully saturated rings. The Morgan fingerprint density at radius 2 is 1.72 bits per heavy atom. The van der Waals surface area contributed by atoms with Gasteiger partial charge in [0.1, 0.15) is 0 Å². The van der Waals surface area contributed by atoms with E-state index >= 15 is 0 Å². The van der Waals surface area contributed by atoms with Crippen LogP contribution in [0.5, 0.6) is 0 Å². The first kappa shape index (κ1) is 20.9. The predicted octanol–water partition coefficient (Wildman–Crippen LogP) is 4.09. The molecule has 162 valence electrons. The molecule has 1 aromatic heterocycles. The average Bonchev–Trinajstić information content (AvgIpc) is 3.13. The van der Waals surface area contributed by atoms with Crippen LogP contribution in [0.15, 0.2) is 82.0 Å². The number of oxazole rings is 1. The number of fused-ring (bicyclic) bond motifs is 1. The molecule has 1 amide bonds. The van der Waals surface area contributed by atoms with Crippen LogP contribution in [0.2, 0.25) is 0 Å². The molecule has 8 nitrogen and oxygen atoms in total. The lowest BCUT2D eigenvalue weighted by atomic mass is 10.1. The van der Waals surface area contributed by atoms with Gasteiger partial charge in [0.2, 0.25) is 0 Å². The van der Waals surface area contributed by atoms with E-state index in [0.29, 0.717) is 40.2 Å². The third-order valence-corrected chi connectivity index (χ3v) is 4.79. The van der Waals surface area contributed by atoms with Crippen LogP contribution < -0.4 is 16.4 Å². The highest BCUT2D eigenvalue weighted by Gasteiger charge is 2.11. The van der Waals surface area contributed by atoms with Crippen molar-refractivity contribution in [2.45, 2.75) is 13.6 Å². The average molecular weight is 431 g/mol. The summed E-state index contributed by atoms with van der Waals surface area (Å²) in [6.45, 7) is 2.23. The highest BCUT2D eigenvalue weighted by molar-refractivity contribution is 6.05. The van der Waals surface area contributed by atoms with E-state index in [1.807, 2.05) is 6.07 Å². The highest BCUT2D eigenvalue weighted by Crippen LogP contribution is 2.16. The van der Waals surface area contributed by atoms with E-state index in [2.05, 4.69) is 10.6 Å². The zero-order valence-electron chi connectivity index (χ0n) is 17.3. The molecule has 0 aliphatic rings. The molecule has 0 bridgehead atoms. The largest absolute Gasteiger partial charge is 0.462 e. The first-order valence-corrected chi connectivity index (χ1v) is 10.1. The summed E-state index contributed by atoms with van der Waals surface area (Å²) < 4.78 is 11.7. The molecule has 0 saturated heterocycles. The number of carbonyl (C=O) groups excluding carboxylic acids is 2. The smallest absolute Gasteiger partial charge is 0.421 e. The van der Waals surface area contributed by atoms with Gasteiger partial charge in [0, 0.05) is 16.9 Å². The zero-order chi connectivity index (χ0) is 22.5. The second kappa shape index (κ2) is 9.22. The van der Waals surface area contributed by atoms with Crippen LogP contribution in [0.3, 0.4) is 0 Å². The van der Waals surface area contributed by atoms with Crippen LogP contribution >= 0.6 is 0 Å². The van der Waals surface area contributed by atoms with Crippen molar-refractivity contribution >= 4 is 34.4 Å². The molecule has 4 rings (SSSR count). The summed E-state index contributed by atoms with van der Waals surface area (Å²) in [6, 6.07) is 20.6. The molecule has 0 saturated carbocycles. The normalized spacial score (nSPS) is 10.7. The van der Waals surface area contributed by atoms with Crippen molar-refractivity contribution in [3.63, 3.8) is 0 Å². The Labute approximate surface area is 183 Å². The fourth-order valence-corrected chi connectivity index (χ4v) is 3.21. The summed E-state index contributed by atoms with van der Waals surface area (Å²) in [5.74, 6) is -1.17. The zero-order valence-corrected chi connectivity index (χ0v) is 17.3. The van der Waals surface area contributed by atoms with Gasteiger partial charge in [-0.1, -0.05) is 18.2 Å². The molecular formula is C24H21N3O5. The van der Waals surface area contributed by atoms with E-state index in [1.165, 1.54) is 4.57 Å². The number of benzene rings is 3. The number of hydrogen-bond acceptors (Lipinski definition) is 6. The van der Waals surface area contributed by atoms with Crippen molar-refractivity contribution in [1.29, 1.82) is 0 Å². The number of nitrogens with zero attached hydrogens (tertiary/aromatic N) is 1. The molecule has 3 aromatic carbocycles. The lowest BCUT2D eigenvalue weighted by molar-refractivity contribution is 0.0526. The molecule has 8 heteroatoms. The van der Waals surface area contributed by atoms with E-state index in [0.717, 1.165) is 0 Å². The molecule has 0 radical (unpaired) electrons. The third-order valence-electron chi connectivity index (χ3n) is 4.79. The van der Waals surface area contributed by atoms with Crippen molar-refractivity contribution in [1.82, 2.24) is 4.57 Å². The van der Waals surface area contributed by atoms with E-state index in [-0.39, 0.29) is 12.6 Å². The Morgan fingerprint density at radius 3 is 2.50 bits per heavy atom. The SMILES string of the molecule is CCOC(=O)c1ccc(NC(=O)c2cccc(NCn3c(=O)oc4ccccc43)c2)cc1. The monoisotopic (exact) mass is 431 g/mol. The summed E-state index contributed by atoms with van der Waals surface area (Å²) in [5.41, 5.74) is 3.28. The second-order valence-corrected chi connectivity index (χ2v) is 6.93. The van der Waals surface area contributed by atoms with Crippen LogP contribution in [-0.4, -0.2) is 23.1 Å². The summed E-state index contributed by atoms with van der Waals surface area (Å²) >= 11 is 0. The van der Waals surface area contributed by atoms with E-state index in [1.54, 1.807) is 73.7 Å². The van der Waals surface area contributed by atoms with E-state index < -0.39 is 11.7 Å². The lowest BCUT2D eigenvalue weighted by Crippen LogP contribution is -2.19. The minimum Gasteiger partial charge on any atom is -0.462 e. The standard InChI is InChI=1S/C24H21N3O5/c1-2-31-23(29)16-10-12-18(13-11-16)26-22(28)17-6-5-7-19(14-17)25-15-27-20-8-3-4-9-21(20)32-24(27)30/h3-14,25H,2,15H2,1H3,(H,26,28). The summed E-state index contributed by atoms with van der Waals surface area (Å²) in [4.78, 5) is 36.5. The predicted molar refractivity (Wildman–Crippen MR) is 121 cm³/mol. The van der Waals surface area contributed by atoms with Crippen LogP contribution in [0.25, 0.3) is 11.1 Å². The van der Waals surface area contributed by atoms with Crippen molar-refractivity contribution in [2.24, 2.45) is 0 Å². The number of anilines is 2. The van der Waals surface area contributed by atoms with Gasteiger partial charge in [-0.3, -0.25) is 9.36 Å². The van der Waals surface area contributed by atoms with Crippen molar-refractivity contribution in [3.8, 4) is 0 Å². The van der Waals surface area contributed by atoms with Gasteiger partial charge in [0.15, 0.2) is 5.58 Å². The lowest BCUT2D eigenvalue weighted by Gasteiger charge is -2.10. The number of ether oxygens (including phenoxy) is 1. The van der Waals surface area contributed by atoms with Crippen molar-refractivity contribution in [3.05, 3.63) is 94.5 Å². The van der Waals surface area contributed by atoms with E-state index in [4.69, 9.17) is 9.15 Å². The summed E-state index contributed by atoms with van der Waals surface area (Å²) in [6.07, 6.45) is 0. The van der Waals surface area contributed by atoms with Crippen LogP contribution in [-0.2, 0) is 11.4 Å². The van der Waals surface area contributed by atoms with Crippen LogP contribution in [0, 0.1) is 0 Å². The number of aromatic nitrogens is 1. The van der Waals surface area contributed by atoms with Gasteiger partial charge < -0.3 is 19.8 Å². The van der Waals surface area contributed by atoms with Gasteiger partial charge in [-0.15, -0.1) is 0 Å². The first-order chi connectivity index (χ1) is 15.5. The fraction of sp³-hybridized carbons (Fsp3) is 0.125. The Hall–Kier alpha value is -4.33. The number of carbonyl (C=O) groups is 2. The minimum absolute atomic E-state index is 0.191. The van der Waals surface area contributed by atoms with Crippen molar-refractivity contribution in [2.75, 3.05) is 17.2 Å². The maximum absolute atomic E-state index is 12.6. The van der Waals surface area contributed by atoms with Gasteiger partial charge in [-0.2, -0.15) is 0 Å². The number of hydrogen-bond donors (Lipinski definition) is 2. The number of nitrogens with one attached hydrogen (secondary N) is 2. The molecule has 0 aliphatic carbocycles. The number of rotatable bonds is 7. The fourth-order valence-electron chi connectivity index (χ4n) is 3.21. The molecule has 32 heavy (non-hydrogen) atoms. The quantitative estimate of drug-likeness (QED) is 0.427. The third kappa shape index (κ3) is 4.54. The van der Waals surface area contributed by atoms with Gasteiger partial charge in [-0.05, 0) is 61.5 Å². The van der Waals surface area contributed by atoms with Crippen LogP contribution in [0.4, 0.5) is 11.4 Å². The molecule has 0 unspecified atom stereocenters. The van der Waals surface area contributed by atoms with Crippen molar-refractivity contribution < 1.29 is 18.7 Å². The van der Waals surface area contributed by atoms with Gasteiger partial charge >= 0.3 is 11.7 Å². The molecule has 2 N–H and O–H groups in total. The molecule has 1 heterocycles. The second-order valence-electron chi connectivity index (χ2n) is 6.93. The maximum atomic E-state index is 12.6. The molecule has 0 atom stereocenters. The molecular weight excluding hydrogens is 410 g/mol. The Balaban J connectivity index is 1.43. The topological polar surface area (TPSA) is 103 Å². The molecule has 0 spiro atoms. The Kier molecular flexibility index (Phi) is 6.03. The maximum Gasteiger partial charge on any atom is 0.421 e.